The number of carbonyl (C=O) groups excluding carboxylic acids is 2. The van der Waals surface area contributed by atoms with Crippen LogP contribution in [0.5, 0.6) is 0 Å². The number of unbranched alkanes of at least 4 members (excludes halogenated alkanes) is 1. The number of rotatable bonds is 11. The molecule has 2 aromatic carbocycles. The first-order chi connectivity index (χ1) is 16.9. The van der Waals surface area contributed by atoms with Crippen molar-refractivity contribution in [3.05, 3.63) is 81.3 Å². The first-order valence-electron chi connectivity index (χ1n) is 11.4. The fourth-order valence-corrected chi connectivity index (χ4v) is 3.57. The van der Waals surface area contributed by atoms with Crippen molar-refractivity contribution in [3.8, 4) is 11.1 Å². The molecule has 0 aliphatic rings. The summed E-state index contributed by atoms with van der Waals surface area (Å²) in [6, 6.07) is 14.7. The number of halogens is 1. The molecule has 0 bridgehead atoms. The zero-order valence-corrected chi connectivity index (χ0v) is 20.4. The SMILES string of the molecule is CCCCOC(=O)NC(CCC(=O)OCc1oc(=O)oc1C)c1ccc(-c2cccc(Cl)c2)cc1. The van der Waals surface area contributed by atoms with Gasteiger partial charge in [0.25, 0.3) is 0 Å². The summed E-state index contributed by atoms with van der Waals surface area (Å²) < 4.78 is 20.0. The van der Waals surface area contributed by atoms with E-state index in [2.05, 4.69) is 5.32 Å². The van der Waals surface area contributed by atoms with Crippen LogP contribution in [0.3, 0.4) is 0 Å². The molecule has 35 heavy (non-hydrogen) atoms. The number of ether oxygens (including phenoxy) is 2. The Bertz CT molecular complexity index is 1180. The molecule has 1 heterocycles. The third kappa shape index (κ3) is 8.03. The third-order valence-electron chi connectivity index (χ3n) is 5.33. The summed E-state index contributed by atoms with van der Waals surface area (Å²) in [5, 5.41) is 3.48. The minimum atomic E-state index is -0.847. The minimum Gasteiger partial charge on any atom is -0.457 e. The highest BCUT2D eigenvalue weighted by molar-refractivity contribution is 6.30. The van der Waals surface area contributed by atoms with Gasteiger partial charge in [-0.1, -0.05) is 61.3 Å². The average Bonchev–Trinajstić information content (AvgIpc) is 3.17. The van der Waals surface area contributed by atoms with E-state index < -0.39 is 23.9 Å². The van der Waals surface area contributed by atoms with Gasteiger partial charge in [0, 0.05) is 11.4 Å². The molecule has 3 aromatic rings. The molecule has 0 fully saturated rings. The Morgan fingerprint density at radius 3 is 2.49 bits per heavy atom. The highest BCUT2D eigenvalue weighted by Gasteiger charge is 2.19. The normalized spacial score (nSPS) is 11.6. The molecule has 1 atom stereocenters. The summed E-state index contributed by atoms with van der Waals surface area (Å²) in [5.74, 6) is -0.929. The quantitative estimate of drug-likeness (QED) is 0.255. The first kappa shape index (κ1) is 26.1. The van der Waals surface area contributed by atoms with Crippen LogP contribution in [0.2, 0.25) is 5.02 Å². The number of aryl methyl sites for hydroxylation is 1. The highest BCUT2D eigenvalue weighted by Crippen LogP contribution is 2.26. The van der Waals surface area contributed by atoms with E-state index in [0.29, 0.717) is 11.6 Å². The molecule has 0 radical (unpaired) electrons. The second-order valence-electron chi connectivity index (χ2n) is 7.95. The van der Waals surface area contributed by atoms with Gasteiger partial charge in [0.05, 0.1) is 12.6 Å². The first-order valence-corrected chi connectivity index (χ1v) is 11.8. The second kappa shape index (κ2) is 12.8. The van der Waals surface area contributed by atoms with Gasteiger partial charge in [-0.15, -0.1) is 0 Å². The molecule has 0 aliphatic heterocycles. The summed E-state index contributed by atoms with van der Waals surface area (Å²) >= 11 is 6.10. The second-order valence-corrected chi connectivity index (χ2v) is 8.39. The summed E-state index contributed by atoms with van der Waals surface area (Å²) in [7, 11) is 0. The van der Waals surface area contributed by atoms with Crippen LogP contribution in [0.25, 0.3) is 11.1 Å². The fourth-order valence-electron chi connectivity index (χ4n) is 3.38. The van der Waals surface area contributed by atoms with E-state index in [1.54, 1.807) is 6.92 Å². The Balaban J connectivity index is 1.66. The van der Waals surface area contributed by atoms with Crippen molar-refractivity contribution in [2.24, 2.45) is 0 Å². The Morgan fingerprint density at radius 1 is 1.06 bits per heavy atom. The van der Waals surface area contributed by atoms with Gasteiger partial charge in [0.2, 0.25) is 0 Å². The molecule has 1 N–H and O–H groups in total. The van der Waals surface area contributed by atoms with Crippen molar-refractivity contribution in [1.82, 2.24) is 5.32 Å². The van der Waals surface area contributed by atoms with E-state index in [0.717, 1.165) is 29.5 Å². The summed E-state index contributed by atoms with van der Waals surface area (Å²) in [5.41, 5.74) is 2.75. The number of alkyl carbamates (subject to hydrolysis) is 1. The molecule has 8 nitrogen and oxygen atoms in total. The molecule has 186 valence electrons. The largest absolute Gasteiger partial charge is 0.519 e. The van der Waals surface area contributed by atoms with Crippen molar-refractivity contribution < 1.29 is 27.9 Å². The van der Waals surface area contributed by atoms with Gasteiger partial charge in [-0.25, -0.2) is 9.59 Å². The number of amides is 1. The Labute approximate surface area is 208 Å². The van der Waals surface area contributed by atoms with Gasteiger partial charge >= 0.3 is 17.9 Å². The fraction of sp³-hybridized carbons (Fsp3) is 0.346. The number of esters is 1. The molecule has 1 unspecified atom stereocenters. The number of carbonyl (C=O) groups is 2. The summed E-state index contributed by atoms with van der Waals surface area (Å²) in [6.45, 7) is 3.67. The smallest absolute Gasteiger partial charge is 0.457 e. The molecule has 0 saturated carbocycles. The van der Waals surface area contributed by atoms with Crippen LogP contribution in [-0.2, 0) is 20.9 Å². The predicted octanol–water partition coefficient (Wildman–Crippen LogP) is 5.95. The molecule has 0 saturated heterocycles. The molecular formula is C26H28ClNO7. The molecule has 9 heteroatoms. The van der Waals surface area contributed by atoms with E-state index in [1.165, 1.54) is 0 Å². The maximum atomic E-state index is 12.3. The lowest BCUT2D eigenvalue weighted by molar-refractivity contribution is -0.145. The standard InChI is InChI=1S/C26H28ClNO7/c1-3-4-14-32-25(30)28-22(12-13-24(29)33-16-23-17(2)34-26(31)35-23)19-10-8-18(9-11-19)20-6-5-7-21(27)15-20/h5-11,15,22H,3-4,12-14,16H2,1-2H3,(H,28,30). The minimum absolute atomic E-state index is 0.0249. The van der Waals surface area contributed by atoms with Gasteiger partial charge in [0.1, 0.15) is 0 Å². The molecule has 1 aromatic heterocycles. The van der Waals surface area contributed by atoms with Crippen molar-refractivity contribution in [2.75, 3.05) is 6.61 Å². The Kier molecular flexibility index (Phi) is 9.55. The van der Waals surface area contributed by atoms with Gasteiger partial charge in [-0.2, -0.15) is 0 Å². The van der Waals surface area contributed by atoms with Crippen LogP contribution >= 0.6 is 11.6 Å². The molecular weight excluding hydrogens is 474 g/mol. The Hall–Kier alpha value is -3.52. The zero-order valence-electron chi connectivity index (χ0n) is 19.7. The van der Waals surface area contributed by atoms with Crippen molar-refractivity contribution >= 4 is 23.7 Å². The number of hydrogen-bond acceptors (Lipinski definition) is 7. The van der Waals surface area contributed by atoms with E-state index in [9.17, 15) is 14.4 Å². The maximum Gasteiger partial charge on any atom is 0.519 e. The maximum absolute atomic E-state index is 12.3. The lowest BCUT2D eigenvalue weighted by atomic mass is 9.98. The highest BCUT2D eigenvalue weighted by atomic mass is 35.5. The van der Waals surface area contributed by atoms with Crippen LogP contribution in [0, 0.1) is 6.92 Å². The van der Waals surface area contributed by atoms with Crippen LogP contribution < -0.4 is 11.1 Å². The van der Waals surface area contributed by atoms with Gasteiger partial charge < -0.3 is 23.6 Å². The number of hydrogen-bond donors (Lipinski definition) is 1. The van der Waals surface area contributed by atoms with Crippen molar-refractivity contribution in [1.29, 1.82) is 0 Å². The van der Waals surface area contributed by atoms with E-state index in [4.69, 9.17) is 29.9 Å². The van der Waals surface area contributed by atoms with E-state index in [-0.39, 0.29) is 31.0 Å². The van der Waals surface area contributed by atoms with Crippen LogP contribution in [0.4, 0.5) is 4.79 Å². The van der Waals surface area contributed by atoms with Gasteiger partial charge in [-0.3, -0.25) is 4.79 Å². The van der Waals surface area contributed by atoms with Crippen LogP contribution in [0.1, 0.15) is 55.7 Å². The topological polar surface area (TPSA) is 108 Å². The Morgan fingerprint density at radius 2 is 1.83 bits per heavy atom. The summed E-state index contributed by atoms with van der Waals surface area (Å²) in [4.78, 5) is 35.7. The van der Waals surface area contributed by atoms with E-state index in [1.807, 2.05) is 55.5 Å². The third-order valence-corrected chi connectivity index (χ3v) is 5.57. The summed E-state index contributed by atoms with van der Waals surface area (Å²) in [6.07, 6.45) is 1.43. The zero-order chi connectivity index (χ0) is 25.2. The van der Waals surface area contributed by atoms with Gasteiger partial charge in [0.15, 0.2) is 18.1 Å². The molecule has 0 spiro atoms. The number of nitrogens with one attached hydrogen (secondary N) is 1. The molecule has 0 aliphatic carbocycles. The molecule has 3 rings (SSSR count). The lowest BCUT2D eigenvalue weighted by Crippen LogP contribution is -2.30. The van der Waals surface area contributed by atoms with Crippen molar-refractivity contribution in [3.63, 3.8) is 0 Å². The monoisotopic (exact) mass is 501 g/mol. The van der Waals surface area contributed by atoms with Crippen LogP contribution in [0.15, 0.2) is 62.2 Å². The number of benzene rings is 2. The lowest BCUT2D eigenvalue weighted by Gasteiger charge is -2.19. The van der Waals surface area contributed by atoms with Crippen molar-refractivity contribution in [2.45, 2.75) is 52.2 Å². The average molecular weight is 502 g/mol. The van der Waals surface area contributed by atoms with Crippen LogP contribution in [-0.4, -0.2) is 18.7 Å². The van der Waals surface area contributed by atoms with Gasteiger partial charge in [-0.05, 0) is 48.6 Å². The molecule has 1 amide bonds. The van der Waals surface area contributed by atoms with E-state index >= 15 is 0 Å². The predicted molar refractivity (Wildman–Crippen MR) is 130 cm³/mol.